The Morgan fingerprint density at radius 3 is 3.08 bits per heavy atom. The van der Waals surface area contributed by atoms with Crippen LogP contribution in [0.1, 0.15) is 17.3 Å². The van der Waals surface area contributed by atoms with Crippen LogP contribution in [-0.4, -0.2) is 34.0 Å². The Morgan fingerprint density at radius 2 is 2.29 bits per heavy atom. The lowest BCUT2D eigenvalue weighted by molar-refractivity contribution is -0.127. The minimum atomic E-state index is -0.390. The molecule has 4 rings (SSSR count). The Kier molecular flexibility index (Phi) is 3.57. The average Bonchev–Trinajstić information content (AvgIpc) is 3.28. The molecule has 2 amide bonds. The van der Waals surface area contributed by atoms with Gasteiger partial charge in [-0.1, -0.05) is 6.07 Å². The Bertz CT molecular complexity index is 902. The van der Waals surface area contributed by atoms with E-state index in [1.807, 2.05) is 35.7 Å². The highest BCUT2D eigenvalue weighted by atomic mass is 32.1. The van der Waals surface area contributed by atoms with E-state index < -0.39 is 5.92 Å². The monoisotopic (exact) mass is 340 g/mol. The average molecular weight is 340 g/mol. The van der Waals surface area contributed by atoms with Crippen LogP contribution in [0.2, 0.25) is 0 Å². The van der Waals surface area contributed by atoms with E-state index in [0.717, 1.165) is 15.8 Å². The van der Waals surface area contributed by atoms with E-state index in [2.05, 4.69) is 15.5 Å². The van der Waals surface area contributed by atoms with E-state index >= 15 is 0 Å². The number of hydrogen-bond acceptors (Lipinski definition) is 4. The molecular weight excluding hydrogens is 324 g/mol. The Hall–Kier alpha value is -2.67. The van der Waals surface area contributed by atoms with Crippen molar-refractivity contribution >= 4 is 39.7 Å². The summed E-state index contributed by atoms with van der Waals surface area (Å²) in [5.74, 6) is -0.527. The van der Waals surface area contributed by atoms with Crippen LogP contribution in [0, 0.1) is 5.92 Å². The molecule has 1 aromatic carbocycles. The van der Waals surface area contributed by atoms with Crippen LogP contribution in [0.4, 0.5) is 5.69 Å². The van der Waals surface area contributed by atoms with Gasteiger partial charge in [0.05, 0.1) is 23.7 Å². The SMILES string of the molecule is CN1C(=O)CC(C(=O)Nc2ccc3cn[nH]c3c2)C1c1cccs1. The molecular formula is C17H16N4O2S. The molecule has 3 heterocycles. The van der Waals surface area contributed by atoms with Gasteiger partial charge in [-0.25, -0.2) is 0 Å². The molecule has 2 aromatic heterocycles. The van der Waals surface area contributed by atoms with E-state index in [0.29, 0.717) is 5.69 Å². The quantitative estimate of drug-likeness (QED) is 0.769. The number of hydrogen-bond donors (Lipinski definition) is 2. The molecule has 1 aliphatic heterocycles. The molecule has 0 bridgehead atoms. The second-order valence-corrected chi connectivity index (χ2v) is 6.92. The summed E-state index contributed by atoms with van der Waals surface area (Å²) >= 11 is 1.57. The zero-order valence-electron chi connectivity index (χ0n) is 13.0. The number of rotatable bonds is 3. The topological polar surface area (TPSA) is 78.1 Å². The molecule has 0 aliphatic carbocycles. The number of benzene rings is 1. The van der Waals surface area contributed by atoms with Crippen molar-refractivity contribution in [3.05, 3.63) is 46.8 Å². The molecule has 1 fully saturated rings. The first kappa shape index (κ1) is 14.9. The van der Waals surface area contributed by atoms with E-state index in [4.69, 9.17) is 0 Å². The number of thiophene rings is 1. The number of nitrogens with zero attached hydrogens (tertiary/aromatic N) is 2. The third-order valence-electron chi connectivity index (χ3n) is 4.47. The number of nitrogens with one attached hydrogen (secondary N) is 2. The summed E-state index contributed by atoms with van der Waals surface area (Å²) in [4.78, 5) is 27.6. The van der Waals surface area contributed by atoms with E-state index in [1.165, 1.54) is 0 Å². The van der Waals surface area contributed by atoms with Crippen LogP contribution < -0.4 is 5.32 Å². The molecule has 2 atom stereocenters. The number of anilines is 1. The maximum absolute atomic E-state index is 12.8. The summed E-state index contributed by atoms with van der Waals surface area (Å²) in [6, 6.07) is 9.31. The van der Waals surface area contributed by atoms with Gasteiger partial charge in [-0.3, -0.25) is 14.7 Å². The Balaban J connectivity index is 1.59. The van der Waals surface area contributed by atoms with Crippen LogP contribution in [0.25, 0.3) is 10.9 Å². The van der Waals surface area contributed by atoms with Gasteiger partial charge < -0.3 is 10.2 Å². The van der Waals surface area contributed by atoms with Gasteiger partial charge in [-0.05, 0) is 29.6 Å². The highest BCUT2D eigenvalue weighted by Gasteiger charge is 2.43. The maximum Gasteiger partial charge on any atom is 0.230 e. The van der Waals surface area contributed by atoms with Gasteiger partial charge in [-0.2, -0.15) is 5.10 Å². The summed E-state index contributed by atoms with van der Waals surface area (Å²) < 4.78 is 0. The second-order valence-electron chi connectivity index (χ2n) is 5.94. The third-order valence-corrected chi connectivity index (χ3v) is 5.41. The lowest BCUT2D eigenvalue weighted by Gasteiger charge is -2.23. The van der Waals surface area contributed by atoms with Gasteiger partial charge in [0.15, 0.2) is 0 Å². The van der Waals surface area contributed by atoms with E-state index in [1.54, 1.807) is 29.5 Å². The number of aromatic amines is 1. The third kappa shape index (κ3) is 2.46. The minimum absolute atomic E-state index is 0.00225. The summed E-state index contributed by atoms with van der Waals surface area (Å²) in [7, 11) is 1.76. The van der Waals surface area contributed by atoms with Crippen molar-refractivity contribution in [2.24, 2.45) is 5.92 Å². The highest BCUT2D eigenvalue weighted by Crippen LogP contribution is 2.39. The first-order valence-corrected chi connectivity index (χ1v) is 8.54. The van der Waals surface area contributed by atoms with Gasteiger partial charge >= 0.3 is 0 Å². The Morgan fingerprint density at radius 1 is 1.42 bits per heavy atom. The summed E-state index contributed by atoms with van der Waals surface area (Å²) in [6.45, 7) is 0. The number of carbonyl (C=O) groups excluding carboxylic acids is 2. The van der Waals surface area contributed by atoms with E-state index in [9.17, 15) is 9.59 Å². The predicted octanol–water partition coefficient (Wildman–Crippen LogP) is 2.78. The van der Waals surface area contributed by atoms with Crippen LogP contribution in [0.3, 0.4) is 0 Å². The molecule has 0 spiro atoms. The van der Waals surface area contributed by atoms with Gasteiger partial charge in [0.25, 0.3) is 0 Å². The summed E-state index contributed by atoms with van der Waals surface area (Å²) in [6.07, 6.45) is 1.97. The number of H-pyrrole nitrogens is 1. The van der Waals surface area contributed by atoms with Crippen LogP contribution in [0.15, 0.2) is 41.9 Å². The van der Waals surface area contributed by atoms with Crippen LogP contribution in [0.5, 0.6) is 0 Å². The largest absolute Gasteiger partial charge is 0.337 e. The molecule has 2 N–H and O–H groups in total. The second kappa shape index (κ2) is 5.76. The zero-order valence-corrected chi connectivity index (χ0v) is 13.8. The van der Waals surface area contributed by atoms with Crippen molar-refractivity contribution in [2.45, 2.75) is 12.5 Å². The summed E-state index contributed by atoms with van der Waals surface area (Å²) in [5.41, 5.74) is 1.56. The molecule has 2 unspecified atom stereocenters. The van der Waals surface area contributed by atoms with Crippen molar-refractivity contribution in [3.8, 4) is 0 Å². The molecule has 7 heteroatoms. The van der Waals surface area contributed by atoms with Gasteiger partial charge in [0.1, 0.15) is 0 Å². The fraction of sp³-hybridized carbons (Fsp3) is 0.235. The van der Waals surface area contributed by atoms with Crippen LogP contribution >= 0.6 is 11.3 Å². The normalized spacial score (nSPS) is 20.7. The standard InChI is InChI=1S/C17H16N4O2S/c1-21-15(22)8-12(16(21)14-3-2-6-24-14)17(23)19-11-5-4-10-9-18-20-13(10)7-11/h2-7,9,12,16H,8H2,1H3,(H,18,20)(H,19,23). The molecule has 6 nitrogen and oxygen atoms in total. The smallest absolute Gasteiger partial charge is 0.230 e. The lowest BCUT2D eigenvalue weighted by atomic mass is 9.97. The molecule has 122 valence electrons. The van der Waals surface area contributed by atoms with Crippen molar-refractivity contribution in [2.75, 3.05) is 12.4 Å². The zero-order chi connectivity index (χ0) is 16.7. The molecule has 1 aliphatic rings. The van der Waals surface area contributed by atoms with Gasteiger partial charge in [-0.15, -0.1) is 11.3 Å². The van der Waals surface area contributed by atoms with Crippen molar-refractivity contribution in [1.82, 2.24) is 15.1 Å². The predicted molar refractivity (Wildman–Crippen MR) is 92.7 cm³/mol. The van der Waals surface area contributed by atoms with Crippen molar-refractivity contribution in [3.63, 3.8) is 0 Å². The molecule has 1 saturated heterocycles. The van der Waals surface area contributed by atoms with Crippen molar-refractivity contribution < 1.29 is 9.59 Å². The number of fused-ring (bicyclic) bond motifs is 1. The van der Waals surface area contributed by atoms with Gasteiger partial charge in [0.2, 0.25) is 11.8 Å². The molecule has 0 saturated carbocycles. The van der Waals surface area contributed by atoms with Gasteiger partial charge in [0, 0.05) is 29.4 Å². The number of carbonyl (C=O) groups is 2. The minimum Gasteiger partial charge on any atom is -0.337 e. The first-order valence-electron chi connectivity index (χ1n) is 7.66. The molecule has 24 heavy (non-hydrogen) atoms. The molecule has 3 aromatic rings. The summed E-state index contributed by atoms with van der Waals surface area (Å²) in [5, 5.41) is 12.8. The van der Waals surface area contributed by atoms with Crippen molar-refractivity contribution in [1.29, 1.82) is 0 Å². The Labute approximate surface area is 142 Å². The fourth-order valence-electron chi connectivity index (χ4n) is 3.20. The number of aromatic nitrogens is 2. The number of amides is 2. The lowest BCUT2D eigenvalue weighted by Crippen LogP contribution is -2.29. The van der Waals surface area contributed by atoms with Crippen LogP contribution in [-0.2, 0) is 9.59 Å². The van der Waals surface area contributed by atoms with E-state index in [-0.39, 0.29) is 24.3 Å². The fourth-order valence-corrected chi connectivity index (χ4v) is 4.14. The molecule has 0 radical (unpaired) electrons. The highest BCUT2D eigenvalue weighted by molar-refractivity contribution is 7.10. The first-order chi connectivity index (χ1) is 11.6. The number of likely N-dealkylation sites (tertiary alicyclic amines) is 1. The maximum atomic E-state index is 12.8.